The summed E-state index contributed by atoms with van der Waals surface area (Å²) in [5.41, 5.74) is -0.0184. The van der Waals surface area contributed by atoms with Crippen LogP contribution in [0.2, 0.25) is 0 Å². The van der Waals surface area contributed by atoms with E-state index < -0.39 is 21.5 Å². The Morgan fingerprint density at radius 1 is 1.15 bits per heavy atom. The van der Waals surface area contributed by atoms with Crippen molar-refractivity contribution in [2.75, 3.05) is 13.1 Å². The number of aliphatic carboxylic acids is 1. The molecule has 8 heteroatoms. The summed E-state index contributed by atoms with van der Waals surface area (Å²) in [6.45, 7) is 4.61. The lowest BCUT2D eigenvalue weighted by Gasteiger charge is -2.31. The first-order valence-corrected chi connectivity index (χ1v) is 10.8. The number of nitrogens with zero attached hydrogens (tertiary/aromatic N) is 1. The van der Waals surface area contributed by atoms with E-state index in [1.165, 1.54) is 4.31 Å². The van der Waals surface area contributed by atoms with Gasteiger partial charge in [0.2, 0.25) is 15.9 Å². The van der Waals surface area contributed by atoms with Gasteiger partial charge in [-0.2, -0.15) is 4.31 Å². The molecule has 1 saturated heterocycles. The van der Waals surface area contributed by atoms with Crippen LogP contribution in [0.3, 0.4) is 0 Å². The van der Waals surface area contributed by atoms with Crippen LogP contribution in [0.1, 0.15) is 51.0 Å². The quantitative estimate of drug-likeness (QED) is 0.767. The molecule has 0 atom stereocenters. The molecule has 27 heavy (non-hydrogen) atoms. The normalized spacial score (nSPS) is 20.4. The lowest BCUT2D eigenvalue weighted by molar-refractivity contribution is -0.144. The summed E-state index contributed by atoms with van der Waals surface area (Å²) in [4.78, 5) is 23.8. The summed E-state index contributed by atoms with van der Waals surface area (Å²) in [6.07, 6.45) is 1.69. The van der Waals surface area contributed by atoms with Crippen LogP contribution in [0.25, 0.3) is 0 Å². The Kier molecular flexibility index (Phi) is 5.31. The van der Waals surface area contributed by atoms with Crippen molar-refractivity contribution in [2.24, 2.45) is 5.92 Å². The molecule has 0 spiro atoms. The minimum atomic E-state index is -3.58. The Morgan fingerprint density at radius 3 is 2.15 bits per heavy atom. The van der Waals surface area contributed by atoms with E-state index >= 15 is 0 Å². The van der Waals surface area contributed by atoms with Crippen LogP contribution in [-0.4, -0.2) is 48.3 Å². The molecule has 0 aromatic heterocycles. The van der Waals surface area contributed by atoms with Gasteiger partial charge in [-0.1, -0.05) is 26.0 Å². The third-order valence-electron chi connectivity index (χ3n) is 5.53. The van der Waals surface area contributed by atoms with Crippen LogP contribution in [0.15, 0.2) is 29.2 Å². The summed E-state index contributed by atoms with van der Waals surface area (Å²) in [6, 6.07) is 6.93. The first-order chi connectivity index (χ1) is 12.7. The van der Waals surface area contributed by atoms with E-state index in [1.54, 1.807) is 12.1 Å². The zero-order chi connectivity index (χ0) is 19.8. The summed E-state index contributed by atoms with van der Waals surface area (Å²) in [5, 5.41) is 11.8. The molecule has 1 saturated carbocycles. The van der Waals surface area contributed by atoms with E-state index in [2.05, 4.69) is 19.2 Å². The fraction of sp³-hybridized carbons (Fsp3) is 0.579. The third kappa shape index (κ3) is 4.01. The second kappa shape index (κ2) is 7.24. The van der Waals surface area contributed by atoms with Crippen molar-refractivity contribution >= 4 is 21.9 Å². The van der Waals surface area contributed by atoms with E-state index in [1.807, 2.05) is 12.1 Å². The number of rotatable bonds is 6. The Hall–Kier alpha value is -1.93. The van der Waals surface area contributed by atoms with Gasteiger partial charge in [0.05, 0.1) is 4.90 Å². The second-order valence-corrected chi connectivity index (χ2v) is 9.72. The second-order valence-electron chi connectivity index (χ2n) is 7.78. The Morgan fingerprint density at radius 2 is 1.70 bits per heavy atom. The van der Waals surface area contributed by atoms with Gasteiger partial charge in [0.25, 0.3) is 0 Å². The standard InChI is InChI=1S/C19H26N2O5S/c1-13(2)14-3-5-16(6-4-14)27(25,26)21-11-7-15(8-12-21)17(22)20-19(9-10-19)18(23)24/h3-6,13,15H,7-12H2,1-2H3,(H,20,22)(H,23,24). The van der Waals surface area contributed by atoms with Gasteiger partial charge in [0.1, 0.15) is 5.54 Å². The summed E-state index contributed by atoms with van der Waals surface area (Å²) < 4.78 is 27.0. The molecule has 1 heterocycles. The highest BCUT2D eigenvalue weighted by atomic mass is 32.2. The maximum atomic E-state index is 12.8. The van der Waals surface area contributed by atoms with Gasteiger partial charge in [-0.3, -0.25) is 4.79 Å². The van der Waals surface area contributed by atoms with Gasteiger partial charge >= 0.3 is 5.97 Å². The number of benzene rings is 1. The smallest absolute Gasteiger partial charge is 0.329 e. The molecule has 2 aliphatic rings. The van der Waals surface area contributed by atoms with Crippen molar-refractivity contribution in [1.82, 2.24) is 9.62 Å². The van der Waals surface area contributed by atoms with Crippen molar-refractivity contribution in [2.45, 2.75) is 55.9 Å². The summed E-state index contributed by atoms with van der Waals surface area (Å²) in [7, 11) is -3.58. The van der Waals surface area contributed by atoms with Gasteiger partial charge in [-0.05, 0) is 49.3 Å². The van der Waals surface area contributed by atoms with Gasteiger partial charge in [0.15, 0.2) is 0 Å². The van der Waals surface area contributed by atoms with E-state index in [4.69, 9.17) is 0 Å². The predicted molar refractivity (Wildman–Crippen MR) is 99.8 cm³/mol. The molecule has 1 aliphatic carbocycles. The first kappa shape index (κ1) is 19.8. The molecule has 2 fully saturated rings. The molecule has 3 rings (SSSR count). The van der Waals surface area contributed by atoms with E-state index in [0.717, 1.165) is 5.56 Å². The molecule has 2 N–H and O–H groups in total. The molecule has 0 bridgehead atoms. The number of carbonyl (C=O) groups is 2. The molecule has 1 aromatic rings. The number of hydrogen-bond acceptors (Lipinski definition) is 4. The van der Waals surface area contributed by atoms with Crippen LogP contribution >= 0.6 is 0 Å². The SMILES string of the molecule is CC(C)c1ccc(S(=O)(=O)N2CCC(C(=O)NC3(C(=O)O)CC3)CC2)cc1. The number of piperidine rings is 1. The van der Waals surface area contributed by atoms with E-state index in [-0.39, 0.29) is 29.8 Å². The number of carboxylic acid groups (broad SMARTS) is 1. The fourth-order valence-corrected chi connectivity index (χ4v) is 4.86. The molecular weight excluding hydrogens is 368 g/mol. The average Bonchev–Trinajstić information content (AvgIpc) is 3.42. The highest BCUT2D eigenvalue weighted by Gasteiger charge is 2.52. The Labute approximate surface area is 159 Å². The number of sulfonamides is 1. The lowest BCUT2D eigenvalue weighted by Crippen LogP contribution is -2.48. The molecule has 1 aromatic carbocycles. The maximum absolute atomic E-state index is 12.8. The Balaban J connectivity index is 1.61. The highest BCUT2D eigenvalue weighted by Crippen LogP contribution is 2.36. The zero-order valence-corrected chi connectivity index (χ0v) is 16.5. The lowest BCUT2D eigenvalue weighted by atomic mass is 9.96. The molecular formula is C19H26N2O5S. The third-order valence-corrected chi connectivity index (χ3v) is 7.44. The predicted octanol–water partition coefficient (Wildman–Crippen LogP) is 1.94. The molecule has 1 amide bonds. The van der Waals surface area contributed by atoms with Gasteiger partial charge in [-0.25, -0.2) is 13.2 Å². The van der Waals surface area contributed by atoms with Crippen LogP contribution in [0.4, 0.5) is 0 Å². The molecule has 148 valence electrons. The number of carboxylic acids is 1. The number of amides is 1. The van der Waals surface area contributed by atoms with Crippen LogP contribution in [-0.2, 0) is 19.6 Å². The average molecular weight is 394 g/mol. The van der Waals surface area contributed by atoms with Gasteiger partial charge in [0, 0.05) is 19.0 Å². The summed E-state index contributed by atoms with van der Waals surface area (Å²) >= 11 is 0. The van der Waals surface area contributed by atoms with E-state index in [0.29, 0.717) is 31.6 Å². The van der Waals surface area contributed by atoms with Gasteiger partial charge < -0.3 is 10.4 Å². The van der Waals surface area contributed by atoms with Gasteiger partial charge in [-0.15, -0.1) is 0 Å². The monoisotopic (exact) mass is 394 g/mol. The minimum absolute atomic E-state index is 0.256. The number of nitrogens with one attached hydrogen (secondary N) is 1. The van der Waals surface area contributed by atoms with Crippen molar-refractivity contribution in [3.63, 3.8) is 0 Å². The van der Waals surface area contributed by atoms with Crippen LogP contribution < -0.4 is 5.32 Å². The van der Waals surface area contributed by atoms with Crippen molar-refractivity contribution in [3.8, 4) is 0 Å². The zero-order valence-electron chi connectivity index (χ0n) is 15.6. The Bertz CT molecular complexity index is 820. The highest BCUT2D eigenvalue weighted by molar-refractivity contribution is 7.89. The molecule has 0 radical (unpaired) electrons. The topological polar surface area (TPSA) is 104 Å². The minimum Gasteiger partial charge on any atom is -0.480 e. The first-order valence-electron chi connectivity index (χ1n) is 9.31. The molecule has 0 unspecified atom stereocenters. The molecule has 1 aliphatic heterocycles. The van der Waals surface area contributed by atoms with Crippen molar-refractivity contribution in [1.29, 1.82) is 0 Å². The number of hydrogen-bond donors (Lipinski definition) is 2. The number of carbonyl (C=O) groups excluding carboxylic acids is 1. The van der Waals surface area contributed by atoms with Crippen LogP contribution in [0, 0.1) is 5.92 Å². The van der Waals surface area contributed by atoms with Crippen molar-refractivity contribution < 1.29 is 23.1 Å². The summed E-state index contributed by atoms with van der Waals surface area (Å²) in [5.74, 6) is -1.30. The van der Waals surface area contributed by atoms with Crippen LogP contribution in [0.5, 0.6) is 0 Å². The molecule has 7 nitrogen and oxygen atoms in total. The fourth-order valence-electron chi connectivity index (χ4n) is 3.39. The van der Waals surface area contributed by atoms with Crippen molar-refractivity contribution in [3.05, 3.63) is 29.8 Å². The largest absolute Gasteiger partial charge is 0.480 e. The van der Waals surface area contributed by atoms with E-state index in [9.17, 15) is 23.1 Å². The maximum Gasteiger partial charge on any atom is 0.329 e.